The van der Waals surface area contributed by atoms with E-state index in [0.29, 0.717) is 19.1 Å². The number of ether oxygens (including phenoxy) is 3. The number of hydrogen-bond acceptors (Lipinski definition) is 5. The molecule has 2 atom stereocenters. The first-order valence-corrected chi connectivity index (χ1v) is 10.7. The third-order valence-electron chi connectivity index (χ3n) is 5.37. The summed E-state index contributed by atoms with van der Waals surface area (Å²) in [6.45, 7) is 12.2. The molecule has 2 heterocycles. The zero-order chi connectivity index (χ0) is 20.5. The van der Waals surface area contributed by atoms with Crippen molar-refractivity contribution in [3.8, 4) is 5.75 Å². The minimum Gasteiger partial charge on any atom is -0.488 e. The number of guanidine groups is 1. The van der Waals surface area contributed by atoms with Gasteiger partial charge in [-0.25, -0.2) is 0 Å². The molecule has 162 valence electrons. The van der Waals surface area contributed by atoms with Crippen LogP contribution in [0.4, 0.5) is 0 Å². The van der Waals surface area contributed by atoms with Gasteiger partial charge >= 0.3 is 0 Å². The number of benzene rings is 1. The highest BCUT2D eigenvalue weighted by Gasteiger charge is 2.19. The van der Waals surface area contributed by atoms with Gasteiger partial charge in [0.15, 0.2) is 5.96 Å². The average Bonchev–Trinajstić information content (AvgIpc) is 3.23. The Balaban J connectivity index is 1.47. The predicted molar refractivity (Wildman–Crippen MR) is 116 cm³/mol. The molecule has 29 heavy (non-hydrogen) atoms. The molecule has 2 saturated heterocycles. The van der Waals surface area contributed by atoms with Crippen LogP contribution in [0.5, 0.6) is 5.75 Å². The van der Waals surface area contributed by atoms with Crippen LogP contribution in [-0.2, 0) is 16.0 Å². The highest BCUT2D eigenvalue weighted by Crippen LogP contribution is 2.23. The third-order valence-corrected chi connectivity index (χ3v) is 5.37. The number of rotatable bonds is 8. The SMILES string of the molecule is CN=C(NCc1ccc(C)cc1OC1CCOC1)NCC(C)CN1CCOCC1. The van der Waals surface area contributed by atoms with Gasteiger partial charge in [-0.3, -0.25) is 9.89 Å². The molecular formula is C22H36N4O3. The fourth-order valence-electron chi connectivity index (χ4n) is 3.66. The molecule has 0 aliphatic carbocycles. The van der Waals surface area contributed by atoms with Crippen molar-refractivity contribution >= 4 is 5.96 Å². The van der Waals surface area contributed by atoms with E-state index in [1.54, 1.807) is 0 Å². The Kier molecular flexibility index (Phi) is 8.58. The largest absolute Gasteiger partial charge is 0.488 e. The molecule has 1 aromatic rings. The summed E-state index contributed by atoms with van der Waals surface area (Å²) in [5.74, 6) is 2.28. The lowest BCUT2D eigenvalue weighted by Crippen LogP contribution is -2.43. The summed E-state index contributed by atoms with van der Waals surface area (Å²) in [6.07, 6.45) is 1.10. The maximum atomic E-state index is 6.19. The number of nitrogens with one attached hydrogen (secondary N) is 2. The fraction of sp³-hybridized carbons (Fsp3) is 0.682. The van der Waals surface area contributed by atoms with Crippen LogP contribution in [0, 0.1) is 12.8 Å². The van der Waals surface area contributed by atoms with Crippen LogP contribution in [0.25, 0.3) is 0 Å². The molecule has 0 spiro atoms. The van der Waals surface area contributed by atoms with E-state index in [2.05, 4.69) is 52.6 Å². The smallest absolute Gasteiger partial charge is 0.191 e. The van der Waals surface area contributed by atoms with Crippen LogP contribution in [0.1, 0.15) is 24.5 Å². The second-order valence-corrected chi connectivity index (χ2v) is 8.04. The fourth-order valence-corrected chi connectivity index (χ4v) is 3.66. The van der Waals surface area contributed by atoms with Crippen LogP contribution < -0.4 is 15.4 Å². The summed E-state index contributed by atoms with van der Waals surface area (Å²) in [4.78, 5) is 6.84. The predicted octanol–water partition coefficient (Wildman–Crippen LogP) is 1.80. The van der Waals surface area contributed by atoms with Crippen molar-refractivity contribution in [1.82, 2.24) is 15.5 Å². The first kappa shape index (κ1) is 21.9. The van der Waals surface area contributed by atoms with E-state index in [1.807, 2.05) is 7.05 Å². The normalized spacial score (nSPS) is 21.8. The standard InChI is InChI=1S/C22H36N4O3/c1-17-4-5-19(21(12-17)29-20-6-9-28-16-20)14-25-22(23-3)24-13-18(2)15-26-7-10-27-11-8-26/h4-5,12,18,20H,6-11,13-16H2,1-3H3,(H2,23,24,25). The summed E-state index contributed by atoms with van der Waals surface area (Å²) in [5, 5.41) is 6.88. The van der Waals surface area contributed by atoms with E-state index in [-0.39, 0.29) is 6.10 Å². The van der Waals surface area contributed by atoms with Gasteiger partial charge in [0.2, 0.25) is 0 Å². The highest BCUT2D eigenvalue weighted by atomic mass is 16.5. The van der Waals surface area contributed by atoms with Crippen LogP contribution in [0.15, 0.2) is 23.2 Å². The highest BCUT2D eigenvalue weighted by molar-refractivity contribution is 5.79. The Morgan fingerprint density at radius 3 is 2.79 bits per heavy atom. The number of nitrogens with zero attached hydrogens (tertiary/aromatic N) is 2. The summed E-state index contributed by atoms with van der Waals surface area (Å²) in [5.41, 5.74) is 2.33. The summed E-state index contributed by atoms with van der Waals surface area (Å²) < 4.78 is 17.1. The molecule has 2 aliphatic heterocycles. The molecule has 0 radical (unpaired) electrons. The van der Waals surface area contributed by atoms with Crippen molar-refractivity contribution in [3.63, 3.8) is 0 Å². The van der Waals surface area contributed by atoms with Crippen LogP contribution >= 0.6 is 0 Å². The lowest BCUT2D eigenvalue weighted by atomic mass is 10.1. The number of morpholine rings is 1. The Hall–Kier alpha value is -1.83. The molecule has 0 amide bonds. The molecule has 2 aliphatic rings. The van der Waals surface area contributed by atoms with Gasteiger partial charge in [-0.05, 0) is 24.5 Å². The molecule has 1 aromatic carbocycles. The summed E-state index contributed by atoms with van der Waals surface area (Å²) in [7, 11) is 1.81. The zero-order valence-corrected chi connectivity index (χ0v) is 18.1. The van der Waals surface area contributed by atoms with E-state index >= 15 is 0 Å². The van der Waals surface area contributed by atoms with Gasteiger partial charge in [-0.15, -0.1) is 0 Å². The van der Waals surface area contributed by atoms with E-state index < -0.39 is 0 Å². The van der Waals surface area contributed by atoms with Crippen molar-refractivity contribution in [3.05, 3.63) is 29.3 Å². The Bertz CT molecular complexity index is 655. The molecule has 0 aromatic heterocycles. The van der Waals surface area contributed by atoms with Crippen molar-refractivity contribution in [2.45, 2.75) is 32.9 Å². The van der Waals surface area contributed by atoms with Crippen molar-refractivity contribution in [1.29, 1.82) is 0 Å². The molecule has 7 heteroatoms. The maximum Gasteiger partial charge on any atom is 0.191 e. The topological polar surface area (TPSA) is 67.4 Å². The zero-order valence-electron chi connectivity index (χ0n) is 18.1. The van der Waals surface area contributed by atoms with Gasteiger partial charge in [-0.1, -0.05) is 19.1 Å². The van der Waals surface area contributed by atoms with Gasteiger partial charge in [0, 0.05) is 51.8 Å². The molecule has 0 bridgehead atoms. The Morgan fingerprint density at radius 1 is 1.24 bits per heavy atom. The minimum atomic E-state index is 0.147. The Morgan fingerprint density at radius 2 is 2.07 bits per heavy atom. The molecule has 7 nitrogen and oxygen atoms in total. The Labute approximate surface area is 174 Å². The number of aryl methyl sites for hydroxylation is 1. The van der Waals surface area contributed by atoms with Crippen LogP contribution in [0.2, 0.25) is 0 Å². The van der Waals surface area contributed by atoms with Gasteiger partial charge in [0.05, 0.1) is 26.4 Å². The van der Waals surface area contributed by atoms with Gasteiger partial charge < -0.3 is 24.8 Å². The number of hydrogen-bond donors (Lipinski definition) is 2. The molecule has 2 N–H and O–H groups in total. The third kappa shape index (κ3) is 7.17. The lowest BCUT2D eigenvalue weighted by Gasteiger charge is -2.29. The summed E-state index contributed by atoms with van der Waals surface area (Å²) in [6, 6.07) is 6.35. The monoisotopic (exact) mass is 404 g/mol. The second-order valence-electron chi connectivity index (χ2n) is 8.04. The van der Waals surface area contributed by atoms with Crippen molar-refractivity contribution in [2.75, 3.05) is 59.7 Å². The van der Waals surface area contributed by atoms with Crippen LogP contribution in [-0.4, -0.2) is 76.6 Å². The van der Waals surface area contributed by atoms with Gasteiger partial charge in [0.25, 0.3) is 0 Å². The molecule has 3 rings (SSSR count). The van der Waals surface area contributed by atoms with E-state index in [9.17, 15) is 0 Å². The van der Waals surface area contributed by atoms with E-state index in [1.165, 1.54) is 5.56 Å². The summed E-state index contributed by atoms with van der Waals surface area (Å²) >= 11 is 0. The molecule has 2 unspecified atom stereocenters. The van der Waals surface area contributed by atoms with Gasteiger partial charge in [-0.2, -0.15) is 0 Å². The molecule has 2 fully saturated rings. The molecule has 0 saturated carbocycles. The first-order valence-electron chi connectivity index (χ1n) is 10.7. The van der Waals surface area contributed by atoms with Crippen LogP contribution in [0.3, 0.4) is 0 Å². The quantitative estimate of drug-likeness (QED) is 0.509. The first-order chi connectivity index (χ1) is 14.1. The van der Waals surface area contributed by atoms with E-state index in [4.69, 9.17) is 14.2 Å². The average molecular weight is 405 g/mol. The maximum absolute atomic E-state index is 6.19. The molecular weight excluding hydrogens is 368 g/mol. The van der Waals surface area contributed by atoms with Gasteiger partial charge in [0.1, 0.15) is 11.9 Å². The van der Waals surface area contributed by atoms with Crippen molar-refractivity contribution < 1.29 is 14.2 Å². The second kappa shape index (κ2) is 11.4. The number of aliphatic imine (C=N–C) groups is 1. The minimum absolute atomic E-state index is 0.147. The van der Waals surface area contributed by atoms with Crippen molar-refractivity contribution in [2.24, 2.45) is 10.9 Å². The van der Waals surface area contributed by atoms with E-state index in [0.717, 1.165) is 69.7 Å². The lowest BCUT2D eigenvalue weighted by molar-refractivity contribution is 0.0320.